The first-order valence-electron chi connectivity index (χ1n) is 5.91. The minimum atomic E-state index is -0.945. The highest BCUT2D eigenvalue weighted by Gasteiger charge is 2.40. The quantitative estimate of drug-likeness (QED) is 0.886. The van der Waals surface area contributed by atoms with Crippen molar-refractivity contribution in [3.8, 4) is 0 Å². The van der Waals surface area contributed by atoms with Crippen LogP contribution in [0.5, 0.6) is 0 Å². The van der Waals surface area contributed by atoms with Gasteiger partial charge in [0.05, 0.1) is 0 Å². The summed E-state index contributed by atoms with van der Waals surface area (Å²) in [5.41, 5.74) is 1.18. The van der Waals surface area contributed by atoms with E-state index in [2.05, 4.69) is 0 Å². The van der Waals surface area contributed by atoms with Gasteiger partial charge in [-0.3, -0.25) is 4.90 Å². The number of rotatable bonds is 3. The molecule has 1 aromatic carbocycles. The fourth-order valence-electron chi connectivity index (χ4n) is 2.23. The van der Waals surface area contributed by atoms with Gasteiger partial charge in [-0.1, -0.05) is 48.6 Å². The second-order valence-electron chi connectivity index (χ2n) is 4.72. The second kappa shape index (κ2) is 4.78. The smallest absolute Gasteiger partial charge is 0.328 e. The van der Waals surface area contributed by atoms with Gasteiger partial charge in [0.1, 0.15) is 5.54 Å². The van der Waals surface area contributed by atoms with Gasteiger partial charge < -0.3 is 5.11 Å². The maximum atomic E-state index is 11.6. The summed E-state index contributed by atoms with van der Waals surface area (Å²) in [4.78, 5) is 13.3. The van der Waals surface area contributed by atoms with E-state index in [1.54, 1.807) is 25.1 Å². The lowest BCUT2D eigenvalue weighted by molar-refractivity contribution is -0.146. The summed E-state index contributed by atoms with van der Waals surface area (Å²) in [6.07, 6.45) is 6.05. The van der Waals surface area contributed by atoms with E-state index in [0.29, 0.717) is 6.42 Å². The van der Waals surface area contributed by atoms with Crippen LogP contribution in [-0.4, -0.2) is 35.6 Å². The van der Waals surface area contributed by atoms with Crippen molar-refractivity contribution in [2.75, 3.05) is 14.1 Å². The third-order valence-corrected chi connectivity index (χ3v) is 3.44. The number of carbonyl (C=O) groups is 1. The Labute approximate surface area is 107 Å². The summed E-state index contributed by atoms with van der Waals surface area (Å²) in [5, 5.41) is 9.50. The van der Waals surface area contributed by atoms with Crippen LogP contribution in [0.25, 0.3) is 5.57 Å². The third-order valence-electron chi connectivity index (χ3n) is 3.44. The zero-order valence-corrected chi connectivity index (χ0v) is 10.6. The normalized spacial score (nSPS) is 22.9. The largest absolute Gasteiger partial charge is 0.480 e. The molecule has 1 aliphatic carbocycles. The minimum absolute atomic E-state index is 0.482. The summed E-state index contributed by atoms with van der Waals surface area (Å²) < 4.78 is 0. The van der Waals surface area contributed by atoms with Crippen molar-refractivity contribution >= 4 is 11.5 Å². The molecular weight excluding hydrogens is 226 g/mol. The first kappa shape index (κ1) is 12.6. The van der Waals surface area contributed by atoms with Gasteiger partial charge in [-0.25, -0.2) is 4.79 Å². The number of likely N-dealkylation sites (N-methyl/N-ethyl adjacent to an activating group) is 1. The lowest BCUT2D eigenvalue weighted by atomic mass is 9.83. The number of hydrogen-bond acceptors (Lipinski definition) is 2. The van der Waals surface area contributed by atoms with Gasteiger partial charge in [0.15, 0.2) is 0 Å². The molecule has 18 heavy (non-hydrogen) atoms. The van der Waals surface area contributed by atoms with Crippen LogP contribution in [0.3, 0.4) is 0 Å². The summed E-state index contributed by atoms with van der Waals surface area (Å²) >= 11 is 0. The number of hydrogen-bond donors (Lipinski definition) is 1. The van der Waals surface area contributed by atoms with Crippen molar-refractivity contribution in [3.63, 3.8) is 0 Å². The molecule has 0 spiro atoms. The number of carboxylic acid groups (broad SMARTS) is 1. The van der Waals surface area contributed by atoms with Gasteiger partial charge >= 0.3 is 5.97 Å². The zero-order chi connectivity index (χ0) is 13.2. The van der Waals surface area contributed by atoms with E-state index in [9.17, 15) is 9.90 Å². The van der Waals surface area contributed by atoms with Crippen molar-refractivity contribution in [3.05, 3.63) is 54.1 Å². The molecule has 1 aliphatic rings. The molecule has 1 atom stereocenters. The lowest BCUT2D eigenvalue weighted by Crippen LogP contribution is -2.50. The summed E-state index contributed by atoms with van der Waals surface area (Å²) in [5.74, 6) is -0.815. The van der Waals surface area contributed by atoms with E-state index in [4.69, 9.17) is 0 Å². The Bertz CT molecular complexity index is 502. The van der Waals surface area contributed by atoms with E-state index in [-0.39, 0.29) is 0 Å². The van der Waals surface area contributed by atoms with Crippen LogP contribution < -0.4 is 0 Å². The van der Waals surface area contributed by atoms with Crippen LogP contribution in [0.1, 0.15) is 12.0 Å². The molecule has 0 amide bonds. The SMILES string of the molecule is CN(C)C1(C(=O)O)C=CC=C(c2ccccc2)C1. The van der Waals surface area contributed by atoms with Gasteiger partial charge in [-0.05, 0) is 25.2 Å². The minimum Gasteiger partial charge on any atom is -0.480 e. The molecule has 2 rings (SSSR count). The first-order chi connectivity index (χ1) is 8.56. The van der Waals surface area contributed by atoms with E-state index in [1.807, 2.05) is 42.5 Å². The maximum absolute atomic E-state index is 11.6. The second-order valence-corrected chi connectivity index (χ2v) is 4.72. The molecule has 0 aromatic heterocycles. The monoisotopic (exact) mass is 243 g/mol. The van der Waals surface area contributed by atoms with Crippen LogP contribution in [0.15, 0.2) is 48.6 Å². The fraction of sp³-hybridized carbons (Fsp3) is 0.267. The Morgan fingerprint density at radius 3 is 2.50 bits per heavy atom. The number of allylic oxidation sites excluding steroid dienone is 2. The highest BCUT2D eigenvalue weighted by molar-refractivity contribution is 5.87. The van der Waals surface area contributed by atoms with Crippen LogP contribution in [0.2, 0.25) is 0 Å². The molecule has 3 heteroatoms. The molecule has 0 bridgehead atoms. The summed E-state index contributed by atoms with van der Waals surface area (Å²) in [7, 11) is 3.60. The average molecular weight is 243 g/mol. The van der Waals surface area contributed by atoms with Crippen molar-refractivity contribution in [1.82, 2.24) is 4.90 Å². The number of benzene rings is 1. The third kappa shape index (κ3) is 2.09. The van der Waals surface area contributed by atoms with Gasteiger partial charge in [-0.2, -0.15) is 0 Å². The predicted octanol–water partition coefficient (Wildman–Crippen LogP) is 2.41. The van der Waals surface area contributed by atoms with Crippen LogP contribution >= 0.6 is 0 Å². The Hall–Kier alpha value is -1.87. The molecule has 94 valence electrons. The van der Waals surface area contributed by atoms with E-state index >= 15 is 0 Å². The van der Waals surface area contributed by atoms with Gasteiger partial charge in [0.25, 0.3) is 0 Å². The molecule has 0 fully saturated rings. The fourth-order valence-corrected chi connectivity index (χ4v) is 2.23. The highest BCUT2D eigenvalue weighted by Crippen LogP contribution is 2.33. The molecule has 1 N–H and O–H groups in total. The molecule has 1 unspecified atom stereocenters. The number of carboxylic acids is 1. The Morgan fingerprint density at radius 2 is 1.94 bits per heavy atom. The lowest BCUT2D eigenvalue weighted by Gasteiger charge is -2.35. The molecule has 0 aliphatic heterocycles. The molecule has 0 saturated carbocycles. The van der Waals surface area contributed by atoms with Crippen molar-refractivity contribution < 1.29 is 9.90 Å². The summed E-state index contributed by atoms with van der Waals surface area (Å²) in [6, 6.07) is 9.90. The summed E-state index contributed by atoms with van der Waals surface area (Å²) in [6.45, 7) is 0. The molecule has 0 heterocycles. The van der Waals surface area contributed by atoms with E-state index < -0.39 is 11.5 Å². The first-order valence-corrected chi connectivity index (χ1v) is 5.91. The van der Waals surface area contributed by atoms with Crippen molar-refractivity contribution in [2.45, 2.75) is 12.0 Å². The number of aliphatic carboxylic acids is 1. The average Bonchev–Trinajstić information content (AvgIpc) is 2.39. The Kier molecular flexibility index (Phi) is 3.34. The van der Waals surface area contributed by atoms with Crippen LogP contribution in [0, 0.1) is 0 Å². The molecule has 0 saturated heterocycles. The Balaban J connectivity index is 2.37. The standard InChI is InChI=1S/C15H17NO2/c1-16(2)15(14(17)18)10-6-9-13(11-15)12-7-4-3-5-8-12/h3-10H,11H2,1-2H3,(H,17,18). The van der Waals surface area contributed by atoms with Gasteiger partial charge in [0.2, 0.25) is 0 Å². The zero-order valence-electron chi connectivity index (χ0n) is 10.6. The van der Waals surface area contributed by atoms with Crippen molar-refractivity contribution in [1.29, 1.82) is 0 Å². The van der Waals surface area contributed by atoms with E-state index in [0.717, 1.165) is 11.1 Å². The van der Waals surface area contributed by atoms with Gasteiger partial charge in [0, 0.05) is 6.42 Å². The molecular formula is C15H17NO2. The number of nitrogens with zero attached hydrogens (tertiary/aromatic N) is 1. The van der Waals surface area contributed by atoms with Crippen molar-refractivity contribution in [2.24, 2.45) is 0 Å². The van der Waals surface area contributed by atoms with Gasteiger partial charge in [-0.15, -0.1) is 0 Å². The highest BCUT2D eigenvalue weighted by atomic mass is 16.4. The Morgan fingerprint density at radius 1 is 1.28 bits per heavy atom. The molecule has 3 nitrogen and oxygen atoms in total. The van der Waals surface area contributed by atoms with Crippen LogP contribution in [0.4, 0.5) is 0 Å². The topological polar surface area (TPSA) is 40.5 Å². The van der Waals surface area contributed by atoms with E-state index in [1.165, 1.54) is 0 Å². The predicted molar refractivity (Wildman–Crippen MR) is 72.2 cm³/mol. The molecule has 1 aromatic rings. The maximum Gasteiger partial charge on any atom is 0.328 e. The molecule has 0 radical (unpaired) electrons. The van der Waals surface area contributed by atoms with Crippen LogP contribution in [-0.2, 0) is 4.79 Å².